The lowest BCUT2D eigenvalue weighted by Crippen LogP contribution is -2.27. The van der Waals surface area contributed by atoms with Crippen LogP contribution in [0.1, 0.15) is 29.3 Å². The molecule has 1 rings (SSSR count). The van der Waals surface area contributed by atoms with E-state index >= 15 is 0 Å². The van der Waals surface area contributed by atoms with E-state index < -0.39 is 23.6 Å². The maximum Gasteiger partial charge on any atom is 0.416 e. The van der Waals surface area contributed by atoms with E-state index in [1.807, 2.05) is 0 Å². The van der Waals surface area contributed by atoms with Gasteiger partial charge >= 0.3 is 6.18 Å². The molecule has 0 aliphatic heterocycles. The Labute approximate surface area is 126 Å². The maximum absolute atomic E-state index is 12.8. The molecule has 0 heterocycles. The molecule has 1 aromatic carbocycles. The van der Waals surface area contributed by atoms with Gasteiger partial charge in [-0.05, 0) is 38.2 Å². The van der Waals surface area contributed by atoms with Gasteiger partial charge in [-0.3, -0.25) is 9.59 Å². The molecule has 0 bridgehead atoms. The molecule has 0 atom stereocenters. The molecule has 2 amide bonds. The number of halogens is 3. The van der Waals surface area contributed by atoms with Crippen LogP contribution in [-0.2, 0) is 11.0 Å². The van der Waals surface area contributed by atoms with Gasteiger partial charge in [-0.25, -0.2) is 0 Å². The Morgan fingerprint density at radius 2 is 1.82 bits per heavy atom. The minimum absolute atomic E-state index is 0.0669. The molecule has 0 saturated carbocycles. The number of hydrogen-bond donors (Lipinski definition) is 3. The second kappa shape index (κ2) is 7.79. The third-order valence-electron chi connectivity index (χ3n) is 2.73. The molecule has 0 aromatic heterocycles. The largest absolute Gasteiger partial charge is 0.416 e. The van der Waals surface area contributed by atoms with Gasteiger partial charge in [0.2, 0.25) is 5.91 Å². The molecule has 0 aliphatic carbocycles. The van der Waals surface area contributed by atoms with Crippen LogP contribution < -0.4 is 16.0 Å². The monoisotopic (exact) mass is 317 g/mol. The van der Waals surface area contributed by atoms with Crippen LogP contribution in [-0.4, -0.2) is 32.0 Å². The highest BCUT2D eigenvalue weighted by atomic mass is 19.4. The van der Waals surface area contributed by atoms with Crippen LogP contribution in [0.2, 0.25) is 0 Å². The first-order valence-corrected chi connectivity index (χ1v) is 6.66. The van der Waals surface area contributed by atoms with Crippen molar-refractivity contribution < 1.29 is 22.8 Å². The minimum Gasteiger partial charge on any atom is -0.352 e. The number of benzene rings is 1. The lowest BCUT2D eigenvalue weighted by atomic mass is 10.1. The van der Waals surface area contributed by atoms with Gasteiger partial charge < -0.3 is 16.0 Å². The molecule has 0 unspecified atom stereocenters. The highest BCUT2D eigenvalue weighted by molar-refractivity contribution is 5.97. The van der Waals surface area contributed by atoms with Crippen molar-refractivity contribution in [2.24, 2.45) is 0 Å². The van der Waals surface area contributed by atoms with Crippen molar-refractivity contribution in [1.29, 1.82) is 0 Å². The number of hydrogen-bond acceptors (Lipinski definition) is 3. The van der Waals surface area contributed by atoms with Gasteiger partial charge in [-0.1, -0.05) is 0 Å². The van der Waals surface area contributed by atoms with Crippen molar-refractivity contribution in [3.8, 4) is 0 Å². The van der Waals surface area contributed by atoms with Crippen LogP contribution in [0.5, 0.6) is 0 Å². The highest BCUT2D eigenvalue weighted by Crippen LogP contribution is 2.32. The summed E-state index contributed by atoms with van der Waals surface area (Å²) >= 11 is 0. The summed E-state index contributed by atoms with van der Waals surface area (Å²) in [7, 11) is 1.76. The van der Waals surface area contributed by atoms with Gasteiger partial charge in [-0.2, -0.15) is 13.2 Å². The van der Waals surface area contributed by atoms with Crippen molar-refractivity contribution in [3.05, 3.63) is 29.3 Å². The van der Waals surface area contributed by atoms with E-state index in [4.69, 9.17) is 0 Å². The number of carbonyl (C=O) groups excluding carboxylic acids is 2. The summed E-state index contributed by atoms with van der Waals surface area (Å²) in [6.45, 7) is 2.20. The molecule has 5 nitrogen and oxygen atoms in total. The van der Waals surface area contributed by atoms with Gasteiger partial charge in [0.1, 0.15) is 0 Å². The van der Waals surface area contributed by atoms with Gasteiger partial charge in [0.05, 0.1) is 5.56 Å². The summed E-state index contributed by atoms with van der Waals surface area (Å²) in [6.07, 6.45) is -3.95. The summed E-state index contributed by atoms with van der Waals surface area (Å²) in [5.74, 6) is -1.13. The summed E-state index contributed by atoms with van der Waals surface area (Å²) in [5.41, 5.74) is -1.20. The molecule has 0 saturated heterocycles. The average molecular weight is 317 g/mol. The van der Waals surface area contributed by atoms with Crippen LogP contribution in [0.4, 0.5) is 18.9 Å². The second-order valence-corrected chi connectivity index (χ2v) is 4.69. The number of amides is 2. The fourth-order valence-electron chi connectivity index (χ4n) is 1.77. The van der Waals surface area contributed by atoms with Gasteiger partial charge in [-0.15, -0.1) is 0 Å². The molecular weight excluding hydrogens is 299 g/mol. The smallest absolute Gasteiger partial charge is 0.352 e. The Bertz CT molecular complexity index is 545. The average Bonchev–Trinajstić information content (AvgIpc) is 2.41. The second-order valence-electron chi connectivity index (χ2n) is 4.69. The SMILES string of the molecule is CNCCCNC(=O)c1cc(NC(C)=O)cc(C(F)(F)F)c1. The number of alkyl halides is 3. The van der Waals surface area contributed by atoms with E-state index in [1.165, 1.54) is 13.0 Å². The third-order valence-corrected chi connectivity index (χ3v) is 2.73. The molecule has 0 fully saturated rings. The van der Waals surface area contributed by atoms with Gasteiger partial charge in [0, 0.05) is 24.7 Å². The first-order chi connectivity index (χ1) is 10.2. The quantitative estimate of drug-likeness (QED) is 0.703. The van der Waals surface area contributed by atoms with Gasteiger partial charge in [0.25, 0.3) is 5.91 Å². The lowest BCUT2D eigenvalue weighted by Gasteiger charge is -2.12. The summed E-state index contributed by atoms with van der Waals surface area (Å²) in [5, 5.41) is 7.69. The number of rotatable bonds is 6. The Morgan fingerprint density at radius 3 is 2.36 bits per heavy atom. The number of nitrogens with one attached hydrogen (secondary N) is 3. The Morgan fingerprint density at radius 1 is 1.14 bits per heavy atom. The molecule has 122 valence electrons. The molecule has 3 N–H and O–H groups in total. The fraction of sp³-hybridized carbons (Fsp3) is 0.429. The topological polar surface area (TPSA) is 70.2 Å². The molecule has 8 heteroatoms. The standard InChI is InChI=1S/C14H18F3N3O2/c1-9(21)20-12-7-10(6-11(8-12)14(15,16)17)13(22)19-5-3-4-18-2/h6-8,18H,3-5H2,1-2H3,(H,19,22)(H,20,21). The Kier molecular flexibility index (Phi) is 6.36. The summed E-state index contributed by atoms with van der Waals surface area (Å²) in [6, 6.07) is 2.77. The van der Waals surface area contributed by atoms with Crippen LogP contribution in [0.15, 0.2) is 18.2 Å². The lowest BCUT2D eigenvalue weighted by molar-refractivity contribution is -0.137. The van der Waals surface area contributed by atoms with Crippen LogP contribution in [0.3, 0.4) is 0 Å². The van der Waals surface area contributed by atoms with E-state index in [-0.39, 0.29) is 11.3 Å². The Hall–Kier alpha value is -2.09. The van der Waals surface area contributed by atoms with Crippen molar-refractivity contribution in [2.45, 2.75) is 19.5 Å². The summed E-state index contributed by atoms with van der Waals surface area (Å²) < 4.78 is 38.5. The zero-order valence-electron chi connectivity index (χ0n) is 12.3. The fourth-order valence-corrected chi connectivity index (χ4v) is 1.77. The van der Waals surface area contributed by atoms with Crippen LogP contribution in [0.25, 0.3) is 0 Å². The van der Waals surface area contributed by atoms with E-state index in [0.717, 1.165) is 12.1 Å². The predicted octanol–water partition coefficient (Wildman–Crippen LogP) is 2.00. The molecule has 0 spiro atoms. The zero-order chi connectivity index (χ0) is 16.8. The van der Waals surface area contributed by atoms with E-state index in [1.54, 1.807) is 7.05 Å². The third kappa shape index (κ3) is 5.72. The number of carbonyl (C=O) groups is 2. The first kappa shape index (κ1) is 18.0. The first-order valence-electron chi connectivity index (χ1n) is 6.66. The van der Waals surface area contributed by atoms with E-state index in [0.29, 0.717) is 19.5 Å². The molecule has 0 radical (unpaired) electrons. The molecular formula is C14H18F3N3O2. The molecule has 0 aliphatic rings. The number of anilines is 1. The molecule has 22 heavy (non-hydrogen) atoms. The van der Waals surface area contributed by atoms with Crippen molar-refractivity contribution in [2.75, 3.05) is 25.5 Å². The normalized spacial score (nSPS) is 11.1. The van der Waals surface area contributed by atoms with Crippen LogP contribution in [0, 0.1) is 0 Å². The maximum atomic E-state index is 12.8. The van der Waals surface area contributed by atoms with Gasteiger partial charge in [0.15, 0.2) is 0 Å². The Balaban J connectivity index is 2.96. The van der Waals surface area contributed by atoms with E-state index in [9.17, 15) is 22.8 Å². The van der Waals surface area contributed by atoms with Crippen molar-refractivity contribution in [3.63, 3.8) is 0 Å². The minimum atomic E-state index is -4.60. The zero-order valence-corrected chi connectivity index (χ0v) is 12.3. The van der Waals surface area contributed by atoms with Crippen molar-refractivity contribution >= 4 is 17.5 Å². The van der Waals surface area contributed by atoms with Crippen molar-refractivity contribution in [1.82, 2.24) is 10.6 Å². The summed E-state index contributed by atoms with van der Waals surface area (Å²) in [4.78, 5) is 22.9. The predicted molar refractivity (Wildman–Crippen MR) is 76.6 cm³/mol. The highest BCUT2D eigenvalue weighted by Gasteiger charge is 2.31. The van der Waals surface area contributed by atoms with E-state index in [2.05, 4.69) is 16.0 Å². The molecule has 1 aromatic rings. The van der Waals surface area contributed by atoms with Crippen LogP contribution >= 0.6 is 0 Å².